The lowest BCUT2D eigenvalue weighted by molar-refractivity contribution is -0.153. The number of Topliss-reactive ketones (excluding diaryl/α,β-unsaturated/α-hetero) is 1. The smallest absolute Gasteiger partial charge is 0.306 e. The van der Waals surface area contributed by atoms with Gasteiger partial charge in [-0.2, -0.15) is 0 Å². The van der Waals surface area contributed by atoms with Gasteiger partial charge in [-0.1, -0.05) is 12.1 Å². The molecule has 0 aliphatic carbocycles. The average Bonchev–Trinajstić information content (AvgIpc) is 2.61. The summed E-state index contributed by atoms with van der Waals surface area (Å²) in [6.07, 6.45) is -0.459. The SMILES string of the molecule is CC(=O)c1ccc(NC(=O)[C@H](C)OC(=O)CCc2ccc(F)cc2)cc1. The molecule has 0 unspecified atom stereocenters. The summed E-state index contributed by atoms with van der Waals surface area (Å²) in [6.45, 7) is 2.94. The lowest BCUT2D eigenvalue weighted by Gasteiger charge is -2.13. The summed E-state index contributed by atoms with van der Waals surface area (Å²) in [5.41, 5.74) is 1.86. The van der Waals surface area contributed by atoms with E-state index in [2.05, 4.69) is 5.32 Å². The maximum absolute atomic E-state index is 12.8. The topological polar surface area (TPSA) is 72.5 Å². The van der Waals surface area contributed by atoms with Crippen molar-refractivity contribution in [2.45, 2.75) is 32.8 Å². The molecule has 2 aromatic rings. The number of benzene rings is 2. The van der Waals surface area contributed by atoms with Crippen LogP contribution in [0.4, 0.5) is 10.1 Å². The molecule has 1 N–H and O–H groups in total. The number of halogens is 1. The molecule has 2 rings (SSSR count). The average molecular weight is 357 g/mol. The van der Waals surface area contributed by atoms with Gasteiger partial charge < -0.3 is 10.1 Å². The summed E-state index contributed by atoms with van der Waals surface area (Å²) >= 11 is 0. The molecule has 136 valence electrons. The molecule has 0 aliphatic heterocycles. The van der Waals surface area contributed by atoms with Crippen molar-refractivity contribution in [2.24, 2.45) is 0 Å². The van der Waals surface area contributed by atoms with E-state index in [1.165, 1.54) is 26.0 Å². The van der Waals surface area contributed by atoms with Gasteiger partial charge in [0.05, 0.1) is 0 Å². The fraction of sp³-hybridized carbons (Fsp3) is 0.250. The molecule has 2 aromatic carbocycles. The molecule has 0 radical (unpaired) electrons. The quantitative estimate of drug-likeness (QED) is 0.608. The number of nitrogens with one attached hydrogen (secondary N) is 1. The summed E-state index contributed by atoms with van der Waals surface area (Å²) < 4.78 is 17.9. The van der Waals surface area contributed by atoms with Crippen LogP contribution in [0, 0.1) is 5.82 Å². The number of ketones is 1. The van der Waals surface area contributed by atoms with Crippen molar-refractivity contribution in [2.75, 3.05) is 5.32 Å². The molecule has 0 bridgehead atoms. The molecule has 0 aliphatic rings. The van der Waals surface area contributed by atoms with Crippen LogP contribution in [0.5, 0.6) is 0 Å². The molecule has 0 saturated heterocycles. The molecule has 1 amide bonds. The molecule has 0 saturated carbocycles. The summed E-state index contributed by atoms with van der Waals surface area (Å²) in [4.78, 5) is 35.2. The van der Waals surface area contributed by atoms with Crippen LogP contribution in [0.25, 0.3) is 0 Å². The molecule has 0 aromatic heterocycles. The number of aryl methyl sites for hydroxylation is 1. The van der Waals surface area contributed by atoms with Crippen LogP contribution in [0.15, 0.2) is 48.5 Å². The molecule has 0 spiro atoms. The highest BCUT2D eigenvalue weighted by atomic mass is 19.1. The van der Waals surface area contributed by atoms with E-state index in [9.17, 15) is 18.8 Å². The number of esters is 1. The van der Waals surface area contributed by atoms with Gasteiger partial charge in [-0.05, 0) is 62.2 Å². The third kappa shape index (κ3) is 5.81. The Hall–Kier alpha value is -3.02. The van der Waals surface area contributed by atoms with Crippen LogP contribution < -0.4 is 5.32 Å². The minimum Gasteiger partial charge on any atom is -0.453 e. The Balaban J connectivity index is 1.80. The summed E-state index contributed by atoms with van der Waals surface area (Å²) in [5.74, 6) is -1.37. The van der Waals surface area contributed by atoms with E-state index in [1.807, 2.05) is 0 Å². The van der Waals surface area contributed by atoms with Crippen molar-refractivity contribution < 1.29 is 23.5 Å². The number of carbonyl (C=O) groups excluding carboxylic acids is 3. The molecular formula is C20H20FNO4. The largest absolute Gasteiger partial charge is 0.453 e. The Morgan fingerprint density at radius 3 is 2.23 bits per heavy atom. The Morgan fingerprint density at radius 1 is 1.04 bits per heavy atom. The van der Waals surface area contributed by atoms with Gasteiger partial charge in [-0.15, -0.1) is 0 Å². The van der Waals surface area contributed by atoms with Crippen molar-refractivity contribution >= 4 is 23.3 Å². The first-order valence-electron chi connectivity index (χ1n) is 8.21. The third-order valence-corrected chi connectivity index (χ3v) is 3.77. The number of hydrogen-bond acceptors (Lipinski definition) is 4. The van der Waals surface area contributed by atoms with Gasteiger partial charge in [0.1, 0.15) is 5.82 Å². The van der Waals surface area contributed by atoms with E-state index in [0.717, 1.165) is 5.56 Å². The van der Waals surface area contributed by atoms with E-state index in [-0.39, 0.29) is 18.0 Å². The lowest BCUT2D eigenvalue weighted by Crippen LogP contribution is -2.30. The van der Waals surface area contributed by atoms with Gasteiger partial charge in [0, 0.05) is 17.7 Å². The van der Waals surface area contributed by atoms with Gasteiger partial charge in [0.2, 0.25) is 0 Å². The Kier molecular flexibility index (Phi) is 6.60. The standard InChI is InChI=1S/C20H20FNO4/c1-13(23)16-6-10-18(11-7-16)22-20(25)14(2)26-19(24)12-5-15-3-8-17(21)9-4-15/h3-4,6-11,14H,5,12H2,1-2H3,(H,22,25)/t14-/m0/s1. The Bertz CT molecular complexity index is 784. The number of amides is 1. The highest BCUT2D eigenvalue weighted by Gasteiger charge is 2.18. The third-order valence-electron chi connectivity index (χ3n) is 3.77. The predicted octanol–water partition coefficient (Wildman–Crippen LogP) is 3.53. The van der Waals surface area contributed by atoms with Crippen LogP contribution in [0.3, 0.4) is 0 Å². The van der Waals surface area contributed by atoms with Gasteiger partial charge in [-0.25, -0.2) is 4.39 Å². The second-order valence-corrected chi connectivity index (χ2v) is 5.88. The van der Waals surface area contributed by atoms with Crippen LogP contribution in [-0.2, 0) is 20.7 Å². The second kappa shape index (κ2) is 8.89. The van der Waals surface area contributed by atoms with Gasteiger partial charge in [0.15, 0.2) is 11.9 Å². The van der Waals surface area contributed by atoms with Crippen molar-refractivity contribution in [1.29, 1.82) is 0 Å². The number of ether oxygens (including phenoxy) is 1. The van der Waals surface area contributed by atoms with E-state index >= 15 is 0 Å². The van der Waals surface area contributed by atoms with Gasteiger partial charge >= 0.3 is 5.97 Å². The van der Waals surface area contributed by atoms with Crippen LogP contribution in [0.1, 0.15) is 36.2 Å². The number of rotatable bonds is 7. The van der Waals surface area contributed by atoms with Crippen molar-refractivity contribution in [1.82, 2.24) is 0 Å². The van der Waals surface area contributed by atoms with Crippen LogP contribution in [-0.4, -0.2) is 23.8 Å². The fourth-order valence-corrected chi connectivity index (χ4v) is 2.24. The first-order chi connectivity index (χ1) is 12.3. The monoisotopic (exact) mass is 357 g/mol. The number of anilines is 1. The minimum absolute atomic E-state index is 0.0636. The Labute approximate surface area is 151 Å². The summed E-state index contributed by atoms with van der Waals surface area (Å²) in [6, 6.07) is 12.3. The molecule has 1 atom stereocenters. The molecule has 6 heteroatoms. The second-order valence-electron chi connectivity index (χ2n) is 5.88. The first kappa shape index (κ1) is 19.3. The molecule has 5 nitrogen and oxygen atoms in total. The van der Waals surface area contributed by atoms with E-state index in [0.29, 0.717) is 17.7 Å². The molecular weight excluding hydrogens is 337 g/mol. The Morgan fingerprint density at radius 2 is 1.65 bits per heavy atom. The zero-order chi connectivity index (χ0) is 19.1. The van der Waals surface area contributed by atoms with E-state index < -0.39 is 18.0 Å². The maximum atomic E-state index is 12.8. The highest BCUT2D eigenvalue weighted by Crippen LogP contribution is 2.12. The predicted molar refractivity (Wildman–Crippen MR) is 95.4 cm³/mol. The van der Waals surface area contributed by atoms with Crippen molar-refractivity contribution in [3.05, 3.63) is 65.5 Å². The van der Waals surface area contributed by atoms with Crippen molar-refractivity contribution in [3.63, 3.8) is 0 Å². The first-order valence-corrected chi connectivity index (χ1v) is 8.21. The molecule has 0 fully saturated rings. The minimum atomic E-state index is -0.955. The van der Waals surface area contributed by atoms with Crippen LogP contribution >= 0.6 is 0 Å². The molecule has 26 heavy (non-hydrogen) atoms. The summed E-state index contributed by atoms with van der Waals surface area (Å²) in [5, 5.41) is 2.62. The van der Waals surface area contributed by atoms with Crippen molar-refractivity contribution in [3.8, 4) is 0 Å². The van der Waals surface area contributed by atoms with Gasteiger partial charge in [0.25, 0.3) is 5.91 Å². The zero-order valence-corrected chi connectivity index (χ0v) is 14.6. The number of carbonyl (C=O) groups is 3. The number of hydrogen-bond donors (Lipinski definition) is 1. The normalized spacial score (nSPS) is 11.5. The molecule has 0 heterocycles. The van der Waals surface area contributed by atoms with E-state index in [4.69, 9.17) is 4.74 Å². The maximum Gasteiger partial charge on any atom is 0.306 e. The zero-order valence-electron chi connectivity index (χ0n) is 14.6. The van der Waals surface area contributed by atoms with E-state index in [1.54, 1.807) is 36.4 Å². The fourth-order valence-electron chi connectivity index (χ4n) is 2.24. The van der Waals surface area contributed by atoms with Crippen LogP contribution in [0.2, 0.25) is 0 Å². The lowest BCUT2D eigenvalue weighted by atomic mass is 10.1. The van der Waals surface area contributed by atoms with Gasteiger partial charge in [-0.3, -0.25) is 14.4 Å². The highest BCUT2D eigenvalue weighted by molar-refractivity contribution is 5.97. The summed E-state index contributed by atoms with van der Waals surface area (Å²) in [7, 11) is 0.